The first kappa shape index (κ1) is 19.2. The molecule has 0 aliphatic rings. The Morgan fingerprint density at radius 2 is 1.60 bits per heavy atom. The third-order valence-corrected chi connectivity index (χ3v) is 4.41. The molecule has 0 aliphatic carbocycles. The number of hydrogen-bond donors (Lipinski definition) is 1. The number of carboxylic acids is 1. The molecule has 5 nitrogen and oxygen atoms in total. The molecule has 0 aliphatic heterocycles. The molecule has 148 valence electrons. The maximum Gasteiger partial charge on any atom is 0.335 e. The molecule has 7 heteroatoms. The van der Waals surface area contributed by atoms with Crippen molar-refractivity contribution >= 4 is 18.1 Å². The Kier molecular flexibility index (Phi) is 5.17. The highest BCUT2D eigenvalue weighted by atomic mass is 19.1. The fourth-order valence-corrected chi connectivity index (χ4v) is 2.92. The normalized spacial score (nSPS) is 11.1. The predicted molar refractivity (Wildman–Crippen MR) is 109 cm³/mol. The van der Waals surface area contributed by atoms with Crippen LogP contribution in [0.5, 0.6) is 0 Å². The van der Waals surface area contributed by atoms with Gasteiger partial charge in [-0.05, 0) is 72.8 Å². The Morgan fingerprint density at radius 1 is 0.933 bits per heavy atom. The van der Waals surface area contributed by atoms with Crippen LogP contribution in [0.2, 0.25) is 0 Å². The molecule has 2 heterocycles. The van der Waals surface area contributed by atoms with Crippen molar-refractivity contribution in [1.82, 2.24) is 14.8 Å². The summed E-state index contributed by atoms with van der Waals surface area (Å²) in [5.41, 5.74) is 3.24. The number of aromatic carboxylic acids is 1. The van der Waals surface area contributed by atoms with Crippen LogP contribution in [0.4, 0.5) is 8.78 Å². The van der Waals surface area contributed by atoms with Crippen molar-refractivity contribution in [3.05, 3.63) is 102 Å². The second-order valence-corrected chi connectivity index (χ2v) is 6.47. The zero-order valence-corrected chi connectivity index (χ0v) is 15.5. The number of rotatable bonds is 5. The van der Waals surface area contributed by atoms with Gasteiger partial charge in [-0.3, -0.25) is 4.98 Å². The van der Waals surface area contributed by atoms with E-state index >= 15 is 0 Å². The van der Waals surface area contributed by atoms with Crippen molar-refractivity contribution in [3.8, 4) is 16.9 Å². The summed E-state index contributed by atoms with van der Waals surface area (Å²) in [6.45, 7) is 0. The first-order valence-corrected chi connectivity index (χ1v) is 8.98. The second-order valence-electron chi connectivity index (χ2n) is 6.47. The van der Waals surface area contributed by atoms with E-state index in [0.717, 1.165) is 0 Å². The van der Waals surface area contributed by atoms with Gasteiger partial charge in [-0.15, -0.1) is 0 Å². The van der Waals surface area contributed by atoms with Crippen molar-refractivity contribution in [3.63, 3.8) is 0 Å². The first-order valence-electron chi connectivity index (χ1n) is 8.98. The minimum Gasteiger partial charge on any atom is -0.478 e. The fraction of sp³-hybridized carbons (Fsp3) is 0. The Morgan fingerprint density at radius 3 is 2.27 bits per heavy atom. The van der Waals surface area contributed by atoms with Crippen molar-refractivity contribution < 1.29 is 18.7 Å². The van der Waals surface area contributed by atoms with Crippen LogP contribution >= 0.6 is 0 Å². The van der Waals surface area contributed by atoms with Gasteiger partial charge < -0.3 is 5.11 Å². The summed E-state index contributed by atoms with van der Waals surface area (Å²) >= 11 is 0. The highest BCUT2D eigenvalue weighted by Crippen LogP contribution is 2.26. The van der Waals surface area contributed by atoms with Gasteiger partial charge >= 0.3 is 5.97 Å². The highest BCUT2D eigenvalue weighted by molar-refractivity contribution is 5.88. The largest absolute Gasteiger partial charge is 0.478 e. The van der Waals surface area contributed by atoms with E-state index in [-0.39, 0.29) is 17.2 Å². The van der Waals surface area contributed by atoms with E-state index in [1.54, 1.807) is 47.3 Å². The predicted octanol–water partition coefficient (Wildman–Crippen LogP) is 5.08. The fourth-order valence-electron chi connectivity index (χ4n) is 2.92. The van der Waals surface area contributed by atoms with E-state index in [9.17, 15) is 13.6 Å². The standard InChI is InChI=1S/C23H15F2N3O2/c24-18-4-1-15(2-5-18)22-17(3-8-20-13-16(23(29)30)11-12-26-20)14-28(27-22)21-9-6-19(25)7-10-21/h1-14H,(H,29,30)/b8-3+. The Hall–Kier alpha value is -4.13. The lowest BCUT2D eigenvalue weighted by Gasteiger charge is -2.01. The molecule has 0 atom stereocenters. The summed E-state index contributed by atoms with van der Waals surface area (Å²) in [5.74, 6) is -1.75. The van der Waals surface area contributed by atoms with Crippen LogP contribution in [-0.4, -0.2) is 25.8 Å². The van der Waals surface area contributed by atoms with E-state index in [1.807, 2.05) is 0 Å². The molecule has 0 amide bonds. The molecular formula is C23H15F2N3O2. The second kappa shape index (κ2) is 8.08. The van der Waals surface area contributed by atoms with E-state index in [2.05, 4.69) is 10.1 Å². The topological polar surface area (TPSA) is 68.0 Å². The number of hydrogen-bond acceptors (Lipinski definition) is 3. The summed E-state index contributed by atoms with van der Waals surface area (Å²) in [5, 5.41) is 13.7. The third kappa shape index (κ3) is 4.15. The van der Waals surface area contributed by atoms with Crippen LogP contribution in [0.1, 0.15) is 21.6 Å². The van der Waals surface area contributed by atoms with Gasteiger partial charge in [0.2, 0.25) is 0 Å². The number of carbonyl (C=O) groups is 1. The minimum atomic E-state index is -1.04. The quantitative estimate of drug-likeness (QED) is 0.505. The minimum absolute atomic E-state index is 0.130. The average Bonchev–Trinajstić information content (AvgIpc) is 3.18. The zero-order chi connectivity index (χ0) is 21.1. The molecule has 0 radical (unpaired) electrons. The van der Waals surface area contributed by atoms with Crippen LogP contribution < -0.4 is 0 Å². The molecule has 2 aromatic carbocycles. The Balaban J connectivity index is 1.76. The number of aromatic nitrogens is 3. The van der Waals surface area contributed by atoms with Crippen LogP contribution in [0.15, 0.2) is 73.1 Å². The Labute approximate surface area is 170 Å². The summed E-state index contributed by atoms with van der Waals surface area (Å²) in [6, 6.07) is 14.7. The zero-order valence-electron chi connectivity index (χ0n) is 15.5. The van der Waals surface area contributed by atoms with E-state index in [0.29, 0.717) is 28.2 Å². The van der Waals surface area contributed by atoms with E-state index < -0.39 is 5.97 Å². The van der Waals surface area contributed by atoms with E-state index in [1.165, 1.54) is 42.6 Å². The van der Waals surface area contributed by atoms with Crippen LogP contribution in [0.3, 0.4) is 0 Å². The molecule has 4 aromatic rings. The first-order chi connectivity index (χ1) is 14.5. The van der Waals surface area contributed by atoms with Gasteiger partial charge in [0.15, 0.2) is 0 Å². The van der Waals surface area contributed by atoms with Gasteiger partial charge in [-0.2, -0.15) is 5.10 Å². The van der Waals surface area contributed by atoms with Crippen LogP contribution in [0.25, 0.3) is 29.1 Å². The third-order valence-electron chi connectivity index (χ3n) is 4.41. The monoisotopic (exact) mass is 403 g/mol. The molecule has 0 unspecified atom stereocenters. The summed E-state index contributed by atoms with van der Waals surface area (Å²) in [4.78, 5) is 15.3. The molecule has 30 heavy (non-hydrogen) atoms. The van der Waals surface area contributed by atoms with Gasteiger partial charge in [0.1, 0.15) is 11.6 Å². The number of nitrogens with zero attached hydrogens (tertiary/aromatic N) is 3. The maximum absolute atomic E-state index is 13.4. The van der Waals surface area contributed by atoms with Crippen LogP contribution in [0, 0.1) is 11.6 Å². The number of carboxylic acid groups (broad SMARTS) is 1. The molecule has 2 aromatic heterocycles. The van der Waals surface area contributed by atoms with Crippen LogP contribution in [-0.2, 0) is 0 Å². The molecule has 0 saturated carbocycles. The Bertz CT molecular complexity index is 1230. The van der Waals surface area contributed by atoms with Gasteiger partial charge in [0.05, 0.1) is 22.6 Å². The lowest BCUT2D eigenvalue weighted by atomic mass is 10.1. The summed E-state index contributed by atoms with van der Waals surface area (Å²) < 4.78 is 28.2. The number of pyridine rings is 1. The van der Waals surface area contributed by atoms with Gasteiger partial charge in [-0.25, -0.2) is 18.3 Å². The highest BCUT2D eigenvalue weighted by Gasteiger charge is 2.11. The lowest BCUT2D eigenvalue weighted by Crippen LogP contribution is -1.96. The molecule has 1 N–H and O–H groups in total. The molecule has 4 rings (SSSR count). The maximum atomic E-state index is 13.4. The lowest BCUT2D eigenvalue weighted by molar-refractivity contribution is 0.0696. The molecular weight excluding hydrogens is 388 g/mol. The van der Waals surface area contributed by atoms with Crippen molar-refractivity contribution in [2.24, 2.45) is 0 Å². The van der Waals surface area contributed by atoms with Gasteiger partial charge in [-0.1, -0.05) is 0 Å². The van der Waals surface area contributed by atoms with Crippen molar-refractivity contribution in [1.29, 1.82) is 0 Å². The van der Waals surface area contributed by atoms with Crippen molar-refractivity contribution in [2.45, 2.75) is 0 Å². The molecule has 0 saturated heterocycles. The molecule has 0 fully saturated rings. The molecule has 0 bridgehead atoms. The number of halogens is 2. The molecule has 0 spiro atoms. The smallest absolute Gasteiger partial charge is 0.335 e. The van der Waals surface area contributed by atoms with Gasteiger partial charge in [0, 0.05) is 23.5 Å². The number of benzene rings is 2. The summed E-state index contributed by atoms with van der Waals surface area (Å²) in [6.07, 6.45) is 6.60. The average molecular weight is 403 g/mol. The van der Waals surface area contributed by atoms with E-state index in [4.69, 9.17) is 5.11 Å². The van der Waals surface area contributed by atoms with Crippen molar-refractivity contribution in [2.75, 3.05) is 0 Å². The summed E-state index contributed by atoms with van der Waals surface area (Å²) in [7, 11) is 0. The SMILES string of the molecule is O=C(O)c1ccnc(/C=C/c2cn(-c3ccc(F)cc3)nc2-c2ccc(F)cc2)c1. The van der Waals surface area contributed by atoms with Gasteiger partial charge in [0.25, 0.3) is 0 Å².